The minimum atomic E-state index is -0.592. The molecule has 1 unspecified atom stereocenters. The SMILES string of the molecule is COC(=O)C1(Nc2ccc(C)cc2)CCCC(C)(C)C1. The normalized spacial score (nSPS) is 25.0. The summed E-state index contributed by atoms with van der Waals surface area (Å²) in [6, 6.07) is 8.17. The number of hydrogen-bond donors (Lipinski definition) is 1. The summed E-state index contributed by atoms with van der Waals surface area (Å²) >= 11 is 0. The number of anilines is 1. The van der Waals surface area contributed by atoms with E-state index in [4.69, 9.17) is 4.74 Å². The van der Waals surface area contributed by atoms with Crippen LogP contribution in [0.5, 0.6) is 0 Å². The highest BCUT2D eigenvalue weighted by atomic mass is 16.5. The molecule has 110 valence electrons. The first-order valence-electron chi connectivity index (χ1n) is 7.30. The lowest BCUT2D eigenvalue weighted by molar-refractivity contribution is -0.148. The van der Waals surface area contributed by atoms with Crippen LogP contribution in [0.3, 0.4) is 0 Å². The Morgan fingerprint density at radius 3 is 2.40 bits per heavy atom. The van der Waals surface area contributed by atoms with Gasteiger partial charge >= 0.3 is 5.97 Å². The summed E-state index contributed by atoms with van der Waals surface area (Å²) in [7, 11) is 1.47. The Morgan fingerprint density at radius 1 is 1.20 bits per heavy atom. The van der Waals surface area contributed by atoms with Gasteiger partial charge in [-0.25, -0.2) is 4.79 Å². The molecule has 0 radical (unpaired) electrons. The predicted molar refractivity (Wildman–Crippen MR) is 81.8 cm³/mol. The number of nitrogens with one attached hydrogen (secondary N) is 1. The molecule has 1 aliphatic carbocycles. The first kappa shape index (κ1) is 14.9. The highest BCUT2D eigenvalue weighted by Crippen LogP contribution is 2.43. The molecule has 0 bridgehead atoms. The van der Waals surface area contributed by atoms with E-state index in [0.29, 0.717) is 0 Å². The van der Waals surface area contributed by atoms with E-state index in [2.05, 4.69) is 38.2 Å². The highest BCUT2D eigenvalue weighted by molar-refractivity contribution is 5.84. The molecule has 3 heteroatoms. The molecule has 3 nitrogen and oxygen atoms in total. The van der Waals surface area contributed by atoms with Crippen molar-refractivity contribution in [2.45, 2.75) is 52.0 Å². The Hall–Kier alpha value is -1.51. The Balaban J connectivity index is 2.28. The van der Waals surface area contributed by atoms with Crippen LogP contribution >= 0.6 is 0 Å². The number of aryl methyl sites for hydroxylation is 1. The molecular formula is C17H25NO2. The van der Waals surface area contributed by atoms with Crippen LogP contribution in [-0.4, -0.2) is 18.6 Å². The quantitative estimate of drug-likeness (QED) is 0.850. The summed E-state index contributed by atoms with van der Waals surface area (Å²) in [5.41, 5.74) is 1.76. The zero-order valence-electron chi connectivity index (χ0n) is 13.0. The molecule has 1 aliphatic rings. The number of ether oxygens (including phenoxy) is 1. The van der Waals surface area contributed by atoms with Crippen molar-refractivity contribution in [1.29, 1.82) is 0 Å². The topological polar surface area (TPSA) is 38.3 Å². The first-order chi connectivity index (χ1) is 9.37. The fourth-order valence-corrected chi connectivity index (χ4v) is 3.30. The van der Waals surface area contributed by atoms with E-state index in [1.807, 2.05) is 12.1 Å². The zero-order valence-corrected chi connectivity index (χ0v) is 13.0. The third kappa shape index (κ3) is 3.14. The molecule has 0 saturated heterocycles. The maximum absolute atomic E-state index is 12.4. The molecule has 0 amide bonds. The second-order valence-corrected chi connectivity index (χ2v) is 6.76. The van der Waals surface area contributed by atoms with Crippen LogP contribution in [0.2, 0.25) is 0 Å². The average molecular weight is 275 g/mol. The minimum absolute atomic E-state index is 0.147. The van der Waals surface area contributed by atoms with Crippen molar-refractivity contribution in [3.05, 3.63) is 29.8 Å². The van der Waals surface area contributed by atoms with E-state index in [1.54, 1.807) is 0 Å². The van der Waals surface area contributed by atoms with Crippen LogP contribution in [0.25, 0.3) is 0 Å². The molecular weight excluding hydrogens is 250 g/mol. The third-order valence-corrected chi connectivity index (χ3v) is 4.25. The Morgan fingerprint density at radius 2 is 1.85 bits per heavy atom. The summed E-state index contributed by atoms with van der Waals surface area (Å²) in [5.74, 6) is -0.147. The minimum Gasteiger partial charge on any atom is -0.467 e. The second-order valence-electron chi connectivity index (χ2n) is 6.76. The van der Waals surface area contributed by atoms with E-state index in [1.165, 1.54) is 12.7 Å². The van der Waals surface area contributed by atoms with Crippen molar-refractivity contribution in [3.8, 4) is 0 Å². The fourth-order valence-electron chi connectivity index (χ4n) is 3.30. The second kappa shape index (κ2) is 5.47. The Bertz CT molecular complexity index is 478. The van der Waals surface area contributed by atoms with Crippen molar-refractivity contribution >= 4 is 11.7 Å². The number of benzene rings is 1. The van der Waals surface area contributed by atoms with E-state index in [9.17, 15) is 4.79 Å². The molecule has 1 fully saturated rings. The van der Waals surface area contributed by atoms with E-state index in [-0.39, 0.29) is 11.4 Å². The number of carbonyl (C=O) groups is 1. The van der Waals surface area contributed by atoms with Crippen LogP contribution < -0.4 is 5.32 Å². The highest BCUT2D eigenvalue weighted by Gasteiger charge is 2.46. The van der Waals surface area contributed by atoms with Crippen molar-refractivity contribution in [2.24, 2.45) is 5.41 Å². The van der Waals surface area contributed by atoms with Gasteiger partial charge in [0.25, 0.3) is 0 Å². The van der Waals surface area contributed by atoms with Crippen LogP contribution in [0.1, 0.15) is 45.1 Å². The number of hydrogen-bond acceptors (Lipinski definition) is 3. The molecule has 0 aromatic heterocycles. The molecule has 1 saturated carbocycles. The summed E-state index contributed by atoms with van der Waals surface area (Å²) in [6.45, 7) is 6.50. The van der Waals surface area contributed by atoms with Gasteiger partial charge in [-0.05, 0) is 50.2 Å². The van der Waals surface area contributed by atoms with Gasteiger partial charge < -0.3 is 10.1 Å². The monoisotopic (exact) mass is 275 g/mol. The van der Waals surface area contributed by atoms with Gasteiger partial charge in [-0.1, -0.05) is 31.5 Å². The molecule has 0 spiro atoms. The summed E-state index contributed by atoms with van der Waals surface area (Å²) in [4.78, 5) is 12.4. The number of esters is 1. The smallest absolute Gasteiger partial charge is 0.331 e. The largest absolute Gasteiger partial charge is 0.467 e. The number of methoxy groups -OCH3 is 1. The molecule has 2 rings (SSSR count). The van der Waals surface area contributed by atoms with Gasteiger partial charge in [-0.3, -0.25) is 0 Å². The van der Waals surface area contributed by atoms with Gasteiger partial charge in [-0.2, -0.15) is 0 Å². The molecule has 1 aromatic rings. The lowest BCUT2D eigenvalue weighted by Crippen LogP contribution is -2.52. The average Bonchev–Trinajstić information content (AvgIpc) is 2.39. The maximum Gasteiger partial charge on any atom is 0.331 e. The van der Waals surface area contributed by atoms with Gasteiger partial charge in [0, 0.05) is 5.69 Å². The van der Waals surface area contributed by atoms with Gasteiger partial charge in [0.15, 0.2) is 0 Å². The fraction of sp³-hybridized carbons (Fsp3) is 0.588. The molecule has 0 aliphatic heterocycles. The van der Waals surface area contributed by atoms with Crippen molar-refractivity contribution in [2.75, 3.05) is 12.4 Å². The number of carbonyl (C=O) groups excluding carboxylic acids is 1. The summed E-state index contributed by atoms with van der Waals surface area (Å²) < 4.78 is 5.08. The van der Waals surface area contributed by atoms with E-state index in [0.717, 1.165) is 31.4 Å². The van der Waals surface area contributed by atoms with Crippen molar-refractivity contribution in [1.82, 2.24) is 0 Å². The molecule has 1 atom stereocenters. The zero-order chi connectivity index (χ0) is 14.8. The lowest BCUT2D eigenvalue weighted by Gasteiger charge is -2.43. The van der Waals surface area contributed by atoms with Crippen LogP contribution in [0, 0.1) is 12.3 Å². The number of rotatable bonds is 3. The van der Waals surface area contributed by atoms with Crippen LogP contribution in [0.15, 0.2) is 24.3 Å². The molecule has 1 aromatic carbocycles. The molecule has 20 heavy (non-hydrogen) atoms. The Kier molecular flexibility index (Phi) is 4.07. The third-order valence-electron chi connectivity index (χ3n) is 4.25. The Labute approximate surface area is 121 Å². The van der Waals surface area contributed by atoms with Gasteiger partial charge in [0.1, 0.15) is 5.54 Å². The van der Waals surface area contributed by atoms with E-state index >= 15 is 0 Å². The van der Waals surface area contributed by atoms with Crippen LogP contribution in [0.4, 0.5) is 5.69 Å². The van der Waals surface area contributed by atoms with Crippen molar-refractivity contribution in [3.63, 3.8) is 0 Å². The molecule has 1 N–H and O–H groups in total. The lowest BCUT2D eigenvalue weighted by atomic mass is 9.68. The van der Waals surface area contributed by atoms with Gasteiger partial charge in [0.05, 0.1) is 7.11 Å². The van der Waals surface area contributed by atoms with Gasteiger partial charge in [0.2, 0.25) is 0 Å². The molecule has 0 heterocycles. The van der Waals surface area contributed by atoms with E-state index < -0.39 is 5.54 Å². The maximum atomic E-state index is 12.4. The summed E-state index contributed by atoms with van der Waals surface area (Å²) in [5, 5.41) is 3.45. The van der Waals surface area contributed by atoms with Crippen LogP contribution in [-0.2, 0) is 9.53 Å². The van der Waals surface area contributed by atoms with Gasteiger partial charge in [-0.15, -0.1) is 0 Å². The predicted octanol–water partition coefficient (Wildman–Crippen LogP) is 3.92. The van der Waals surface area contributed by atoms with Crippen molar-refractivity contribution < 1.29 is 9.53 Å². The standard InChI is InChI=1S/C17H25NO2/c1-13-6-8-14(9-7-13)18-17(15(19)20-4)11-5-10-16(2,3)12-17/h6-9,18H,5,10-12H2,1-4H3. The summed E-state index contributed by atoms with van der Waals surface area (Å²) in [6.07, 6.45) is 3.83. The first-order valence-corrected chi connectivity index (χ1v) is 7.30.